The van der Waals surface area contributed by atoms with Crippen LogP contribution in [-0.4, -0.2) is 24.8 Å². The van der Waals surface area contributed by atoms with E-state index in [4.69, 9.17) is 21.1 Å². The molecule has 0 heterocycles. The van der Waals surface area contributed by atoms with Crippen LogP contribution < -0.4 is 4.74 Å². The number of carbonyl (C=O) groups is 1. The van der Waals surface area contributed by atoms with Gasteiger partial charge in [0.25, 0.3) is 0 Å². The molecular formula is C12H15ClO4. The van der Waals surface area contributed by atoms with E-state index in [1.165, 1.54) is 7.11 Å². The molecule has 1 aromatic rings. The maximum atomic E-state index is 11.5. The average Bonchev–Trinajstić information content (AvgIpc) is 2.32. The topological polar surface area (TPSA) is 55.8 Å². The summed E-state index contributed by atoms with van der Waals surface area (Å²) in [6.07, 6.45) is -1.39. The molecule has 17 heavy (non-hydrogen) atoms. The van der Waals surface area contributed by atoms with Crippen molar-refractivity contribution in [3.05, 3.63) is 28.3 Å². The molecule has 1 atom stereocenters. The van der Waals surface area contributed by atoms with Gasteiger partial charge >= 0.3 is 5.97 Å². The third kappa shape index (κ3) is 2.90. The third-order valence-electron chi connectivity index (χ3n) is 2.41. The quantitative estimate of drug-likeness (QED) is 0.842. The number of esters is 1. The van der Waals surface area contributed by atoms with Crippen molar-refractivity contribution in [3.8, 4) is 5.75 Å². The standard InChI is InChI=1S/C12H15ClO4/c1-4-17-12(15)11(14)10-7(2)8(13)5-6-9(10)16-3/h5-6,11,14H,4H2,1-3H3. The molecular weight excluding hydrogens is 244 g/mol. The van der Waals surface area contributed by atoms with E-state index in [0.717, 1.165) is 0 Å². The molecule has 1 aromatic carbocycles. The van der Waals surface area contributed by atoms with Crippen molar-refractivity contribution in [1.29, 1.82) is 0 Å². The van der Waals surface area contributed by atoms with Crippen LogP contribution in [0.15, 0.2) is 12.1 Å². The second-order valence-corrected chi connectivity index (χ2v) is 3.85. The van der Waals surface area contributed by atoms with Gasteiger partial charge in [-0.05, 0) is 31.5 Å². The largest absolute Gasteiger partial charge is 0.496 e. The predicted octanol–water partition coefficient (Wildman–Crippen LogP) is 2.25. The van der Waals surface area contributed by atoms with Crippen molar-refractivity contribution in [2.45, 2.75) is 20.0 Å². The van der Waals surface area contributed by atoms with Gasteiger partial charge in [-0.2, -0.15) is 0 Å². The van der Waals surface area contributed by atoms with Gasteiger partial charge < -0.3 is 14.6 Å². The summed E-state index contributed by atoms with van der Waals surface area (Å²) in [4.78, 5) is 11.5. The van der Waals surface area contributed by atoms with Crippen molar-refractivity contribution in [1.82, 2.24) is 0 Å². The maximum absolute atomic E-state index is 11.5. The minimum absolute atomic E-state index is 0.206. The summed E-state index contributed by atoms with van der Waals surface area (Å²) in [5.74, 6) is -0.302. The van der Waals surface area contributed by atoms with E-state index in [0.29, 0.717) is 21.9 Å². The highest BCUT2D eigenvalue weighted by Crippen LogP contribution is 2.33. The van der Waals surface area contributed by atoms with Crippen molar-refractivity contribution in [2.24, 2.45) is 0 Å². The molecule has 0 saturated carbocycles. The van der Waals surface area contributed by atoms with E-state index >= 15 is 0 Å². The number of benzene rings is 1. The molecule has 0 saturated heterocycles. The first-order chi connectivity index (χ1) is 8.02. The zero-order valence-corrected chi connectivity index (χ0v) is 10.7. The monoisotopic (exact) mass is 258 g/mol. The number of aliphatic hydroxyl groups excluding tert-OH is 1. The van der Waals surface area contributed by atoms with Crippen LogP contribution >= 0.6 is 11.6 Å². The average molecular weight is 259 g/mol. The fraction of sp³-hybridized carbons (Fsp3) is 0.417. The molecule has 0 bridgehead atoms. The highest BCUT2D eigenvalue weighted by atomic mass is 35.5. The van der Waals surface area contributed by atoms with Gasteiger partial charge in [0.15, 0.2) is 6.10 Å². The second kappa shape index (κ2) is 5.89. The Morgan fingerprint density at radius 3 is 2.71 bits per heavy atom. The molecule has 0 aliphatic rings. The lowest BCUT2D eigenvalue weighted by Crippen LogP contribution is -2.17. The van der Waals surface area contributed by atoms with Crippen LogP contribution in [0.4, 0.5) is 0 Å². The van der Waals surface area contributed by atoms with Gasteiger partial charge in [-0.25, -0.2) is 4.79 Å². The number of methoxy groups -OCH3 is 1. The summed E-state index contributed by atoms with van der Waals surface area (Å²) in [5.41, 5.74) is 0.949. The number of ether oxygens (including phenoxy) is 2. The van der Waals surface area contributed by atoms with E-state index in [9.17, 15) is 9.90 Å². The van der Waals surface area contributed by atoms with E-state index in [1.54, 1.807) is 26.0 Å². The third-order valence-corrected chi connectivity index (χ3v) is 2.82. The highest BCUT2D eigenvalue weighted by molar-refractivity contribution is 6.31. The van der Waals surface area contributed by atoms with Gasteiger partial charge in [-0.3, -0.25) is 0 Å². The normalized spacial score (nSPS) is 12.1. The van der Waals surface area contributed by atoms with E-state index in [2.05, 4.69) is 0 Å². The molecule has 0 aliphatic carbocycles. The van der Waals surface area contributed by atoms with Gasteiger partial charge in [0.1, 0.15) is 5.75 Å². The van der Waals surface area contributed by atoms with Crippen molar-refractivity contribution < 1.29 is 19.4 Å². The van der Waals surface area contributed by atoms with Crippen LogP contribution in [0.2, 0.25) is 5.02 Å². The molecule has 1 rings (SSSR count). The summed E-state index contributed by atoms with van der Waals surface area (Å²) in [5, 5.41) is 10.4. The summed E-state index contributed by atoms with van der Waals surface area (Å²) in [6, 6.07) is 3.25. The number of halogens is 1. The van der Waals surface area contributed by atoms with Crippen LogP contribution in [0, 0.1) is 6.92 Å². The van der Waals surface area contributed by atoms with Crippen LogP contribution in [0.3, 0.4) is 0 Å². The summed E-state index contributed by atoms with van der Waals surface area (Å²) < 4.78 is 9.87. The Balaban J connectivity index is 3.19. The Kier molecular flexibility index (Phi) is 4.78. The first-order valence-corrected chi connectivity index (χ1v) is 5.58. The molecule has 0 amide bonds. The number of rotatable bonds is 4. The molecule has 0 fully saturated rings. The predicted molar refractivity (Wildman–Crippen MR) is 64.3 cm³/mol. The van der Waals surface area contributed by atoms with Crippen LogP contribution in [0.25, 0.3) is 0 Å². The van der Waals surface area contributed by atoms with Gasteiger partial charge in [-0.15, -0.1) is 0 Å². The Labute approximate surface area is 105 Å². The molecule has 1 N–H and O–H groups in total. The fourth-order valence-corrected chi connectivity index (χ4v) is 1.70. The molecule has 0 aromatic heterocycles. The minimum Gasteiger partial charge on any atom is -0.496 e. The smallest absolute Gasteiger partial charge is 0.339 e. The van der Waals surface area contributed by atoms with Gasteiger partial charge in [0, 0.05) is 10.6 Å². The van der Waals surface area contributed by atoms with Crippen molar-refractivity contribution in [2.75, 3.05) is 13.7 Å². The lowest BCUT2D eigenvalue weighted by Gasteiger charge is -2.17. The number of hydrogen-bond donors (Lipinski definition) is 1. The number of aliphatic hydroxyl groups is 1. The summed E-state index contributed by atoms with van der Waals surface area (Å²) >= 11 is 5.95. The molecule has 1 unspecified atom stereocenters. The molecule has 0 radical (unpaired) electrons. The lowest BCUT2D eigenvalue weighted by atomic mass is 10.0. The zero-order chi connectivity index (χ0) is 13.0. The van der Waals surface area contributed by atoms with Gasteiger partial charge in [0.05, 0.1) is 13.7 Å². The van der Waals surface area contributed by atoms with E-state index < -0.39 is 12.1 Å². The highest BCUT2D eigenvalue weighted by Gasteiger charge is 2.25. The fourth-order valence-electron chi connectivity index (χ4n) is 1.53. The van der Waals surface area contributed by atoms with E-state index in [1.807, 2.05) is 0 Å². The molecule has 0 aliphatic heterocycles. The van der Waals surface area contributed by atoms with E-state index in [-0.39, 0.29) is 6.61 Å². The Bertz CT molecular complexity index is 417. The molecule has 0 spiro atoms. The van der Waals surface area contributed by atoms with Crippen LogP contribution in [0.5, 0.6) is 5.75 Å². The first-order valence-electron chi connectivity index (χ1n) is 5.20. The minimum atomic E-state index is -1.39. The SMILES string of the molecule is CCOC(=O)C(O)c1c(OC)ccc(Cl)c1C. The number of hydrogen-bond acceptors (Lipinski definition) is 4. The van der Waals surface area contributed by atoms with Crippen LogP contribution in [0.1, 0.15) is 24.2 Å². The lowest BCUT2D eigenvalue weighted by molar-refractivity contribution is -0.153. The number of carbonyl (C=O) groups excluding carboxylic acids is 1. The Morgan fingerprint density at radius 2 is 2.18 bits per heavy atom. The van der Waals surface area contributed by atoms with Crippen molar-refractivity contribution in [3.63, 3.8) is 0 Å². The molecule has 5 heteroatoms. The maximum Gasteiger partial charge on any atom is 0.339 e. The molecule has 4 nitrogen and oxygen atoms in total. The first kappa shape index (κ1) is 13.8. The second-order valence-electron chi connectivity index (χ2n) is 3.44. The Morgan fingerprint density at radius 1 is 1.53 bits per heavy atom. The van der Waals surface area contributed by atoms with Gasteiger partial charge in [-0.1, -0.05) is 11.6 Å². The zero-order valence-electron chi connectivity index (χ0n) is 9.99. The molecule has 94 valence electrons. The Hall–Kier alpha value is -1.26. The summed E-state index contributed by atoms with van der Waals surface area (Å²) in [6.45, 7) is 3.59. The summed E-state index contributed by atoms with van der Waals surface area (Å²) in [7, 11) is 1.46. The van der Waals surface area contributed by atoms with Gasteiger partial charge in [0.2, 0.25) is 0 Å². The van der Waals surface area contributed by atoms with Crippen molar-refractivity contribution >= 4 is 17.6 Å². The van der Waals surface area contributed by atoms with Crippen LogP contribution in [-0.2, 0) is 9.53 Å².